The zero-order chi connectivity index (χ0) is 15.7. The number of amides is 1. The minimum Gasteiger partial charge on any atom is -0.434 e. The summed E-state index contributed by atoms with van der Waals surface area (Å²) in [5.41, 5.74) is 0.0885. The molecule has 0 saturated carbocycles. The molecule has 2 bridgehead atoms. The van der Waals surface area contributed by atoms with Crippen molar-refractivity contribution in [3.05, 3.63) is 28.8 Å². The van der Waals surface area contributed by atoms with Crippen molar-refractivity contribution in [3.63, 3.8) is 0 Å². The van der Waals surface area contributed by atoms with Crippen molar-refractivity contribution in [2.24, 2.45) is 0 Å². The summed E-state index contributed by atoms with van der Waals surface area (Å²) in [4.78, 5) is 14.4. The first-order valence-electron chi connectivity index (χ1n) is 7.32. The van der Waals surface area contributed by atoms with Gasteiger partial charge in [0.1, 0.15) is 5.75 Å². The van der Waals surface area contributed by atoms with Gasteiger partial charge in [0.15, 0.2) is 0 Å². The minimum absolute atomic E-state index is 0.0885. The van der Waals surface area contributed by atoms with Gasteiger partial charge in [-0.3, -0.25) is 4.79 Å². The monoisotopic (exact) mass is 330 g/mol. The van der Waals surface area contributed by atoms with Crippen molar-refractivity contribution in [1.29, 1.82) is 0 Å². The van der Waals surface area contributed by atoms with Gasteiger partial charge in [-0.25, -0.2) is 0 Å². The van der Waals surface area contributed by atoms with Crippen molar-refractivity contribution in [2.75, 3.05) is 13.1 Å². The van der Waals surface area contributed by atoms with Crippen LogP contribution in [0, 0.1) is 0 Å². The summed E-state index contributed by atoms with van der Waals surface area (Å²) in [7, 11) is 0. The van der Waals surface area contributed by atoms with E-state index in [1.807, 2.05) is 0 Å². The number of carbonyl (C=O) groups is 1. The Bertz CT molecular complexity index is 570. The van der Waals surface area contributed by atoms with Gasteiger partial charge in [0, 0.05) is 30.2 Å². The van der Waals surface area contributed by atoms with E-state index in [2.05, 4.69) is 10.1 Å². The highest BCUT2D eigenvalue weighted by Gasteiger charge is 2.32. The molecule has 2 heterocycles. The second kappa shape index (κ2) is 6.38. The van der Waals surface area contributed by atoms with Crippen LogP contribution >= 0.6 is 11.6 Å². The first kappa shape index (κ1) is 15.5. The number of ether oxygens (including phenoxy) is 1. The topological polar surface area (TPSA) is 41.6 Å². The fraction of sp³-hybridized carbons (Fsp3) is 0.533. The molecule has 3 rings (SSSR count). The summed E-state index contributed by atoms with van der Waals surface area (Å²) in [6, 6.07) is 4.85. The average molecular weight is 331 g/mol. The Labute approximate surface area is 132 Å². The van der Waals surface area contributed by atoms with Gasteiger partial charge in [-0.05, 0) is 37.5 Å². The summed E-state index contributed by atoms with van der Waals surface area (Å²) in [6.07, 6.45) is 3.03. The largest absolute Gasteiger partial charge is 0.434 e. The summed E-state index contributed by atoms with van der Waals surface area (Å²) < 4.78 is 29.5. The van der Waals surface area contributed by atoms with Gasteiger partial charge in [-0.2, -0.15) is 8.78 Å². The second-order valence-corrected chi connectivity index (χ2v) is 6.13. The quantitative estimate of drug-likeness (QED) is 0.926. The molecule has 2 aliphatic rings. The van der Waals surface area contributed by atoms with E-state index in [9.17, 15) is 13.6 Å². The summed E-state index contributed by atoms with van der Waals surface area (Å²) in [5.74, 6) is -0.445. The van der Waals surface area contributed by atoms with E-state index >= 15 is 0 Å². The molecule has 120 valence electrons. The first-order chi connectivity index (χ1) is 10.5. The van der Waals surface area contributed by atoms with E-state index in [1.165, 1.54) is 18.2 Å². The van der Waals surface area contributed by atoms with Crippen LogP contribution in [-0.4, -0.2) is 42.6 Å². The maximum Gasteiger partial charge on any atom is 0.387 e. The Kier molecular flexibility index (Phi) is 4.49. The molecule has 2 fully saturated rings. The Morgan fingerprint density at radius 1 is 1.32 bits per heavy atom. The normalized spacial score (nSPS) is 24.5. The minimum atomic E-state index is -2.98. The molecule has 7 heteroatoms. The van der Waals surface area contributed by atoms with Crippen LogP contribution in [-0.2, 0) is 0 Å². The molecule has 1 aromatic rings. The van der Waals surface area contributed by atoms with Crippen LogP contribution in [0.3, 0.4) is 0 Å². The van der Waals surface area contributed by atoms with Crippen LogP contribution in [0.15, 0.2) is 18.2 Å². The lowest BCUT2D eigenvalue weighted by Crippen LogP contribution is -2.39. The lowest BCUT2D eigenvalue weighted by atomic mass is 10.1. The number of nitrogens with zero attached hydrogens (tertiary/aromatic N) is 1. The van der Waals surface area contributed by atoms with E-state index in [-0.39, 0.29) is 23.3 Å². The molecule has 1 N–H and O–H groups in total. The van der Waals surface area contributed by atoms with Crippen LogP contribution in [0.2, 0.25) is 5.02 Å². The van der Waals surface area contributed by atoms with Crippen LogP contribution in [0.4, 0.5) is 8.78 Å². The highest BCUT2D eigenvalue weighted by atomic mass is 35.5. The molecule has 0 aliphatic carbocycles. The third-order valence-corrected chi connectivity index (χ3v) is 4.43. The predicted octanol–water partition coefficient (Wildman–Crippen LogP) is 2.91. The summed E-state index contributed by atoms with van der Waals surface area (Å²) >= 11 is 5.91. The zero-order valence-corrected chi connectivity index (χ0v) is 12.7. The van der Waals surface area contributed by atoms with E-state index in [4.69, 9.17) is 11.6 Å². The molecule has 2 unspecified atom stereocenters. The molecular weight excluding hydrogens is 314 g/mol. The molecule has 1 aromatic carbocycles. The number of hydrogen-bond acceptors (Lipinski definition) is 3. The molecule has 0 aromatic heterocycles. The van der Waals surface area contributed by atoms with Crippen molar-refractivity contribution < 1.29 is 18.3 Å². The number of hydrogen-bond donors (Lipinski definition) is 1. The third-order valence-electron chi connectivity index (χ3n) is 4.20. The molecule has 0 radical (unpaired) electrons. The number of carbonyl (C=O) groups excluding carboxylic acids is 1. The van der Waals surface area contributed by atoms with Crippen molar-refractivity contribution >= 4 is 17.5 Å². The lowest BCUT2D eigenvalue weighted by Gasteiger charge is -2.25. The van der Waals surface area contributed by atoms with Gasteiger partial charge < -0.3 is 15.0 Å². The third kappa shape index (κ3) is 3.33. The summed E-state index contributed by atoms with van der Waals surface area (Å²) in [6.45, 7) is -1.79. The maximum atomic E-state index is 12.7. The number of benzene rings is 1. The van der Waals surface area contributed by atoms with E-state index < -0.39 is 6.61 Å². The van der Waals surface area contributed by atoms with Gasteiger partial charge >= 0.3 is 6.61 Å². The van der Waals surface area contributed by atoms with E-state index in [1.54, 1.807) is 4.90 Å². The average Bonchev–Trinajstić information content (AvgIpc) is 2.79. The van der Waals surface area contributed by atoms with Gasteiger partial charge in [-0.1, -0.05) is 11.6 Å². The fourth-order valence-corrected chi connectivity index (χ4v) is 3.34. The molecule has 1 amide bonds. The van der Waals surface area contributed by atoms with Gasteiger partial charge in [0.05, 0.1) is 5.56 Å². The van der Waals surface area contributed by atoms with Gasteiger partial charge in [0.2, 0.25) is 0 Å². The Morgan fingerprint density at radius 2 is 2.09 bits per heavy atom. The van der Waals surface area contributed by atoms with E-state index in [0.717, 1.165) is 19.3 Å². The second-order valence-electron chi connectivity index (χ2n) is 5.70. The van der Waals surface area contributed by atoms with Crippen molar-refractivity contribution in [2.45, 2.75) is 38.0 Å². The van der Waals surface area contributed by atoms with Crippen LogP contribution in [0.25, 0.3) is 0 Å². The summed E-state index contributed by atoms with van der Waals surface area (Å²) in [5, 5.41) is 3.80. The Balaban J connectivity index is 1.83. The number of rotatable bonds is 3. The van der Waals surface area contributed by atoms with E-state index in [0.29, 0.717) is 24.2 Å². The first-order valence-corrected chi connectivity index (χ1v) is 7.70. The molecular formula is C15H17ClF2N2O2. The lowest BCUT2D eigenvalue weighted by molar-refractivity contribution is -0.0502. The van der Waals surface area contributed by atoms with Crippen LogP contribution < -0.4 is 10.1 Å². The molecule has 22 heavy (non-hydrogen) atoms. The van der Waals surface area contributed by atoms with Gasteiger partial charge in [0.25, 0.3) is 5.91 Å². The number of nitrogens with one attached hydrogen (secondary N) is 1. The molecule has 4 nitrogen and oxygen atoms in total. The van der Waals surface area contributed by atoms with Gasteiger partial charge in [-0.15, -0.1) is 0 Å². The van der Waals surface area contributed by atoms with Crippen LogP contribution in [0.1, 0.15) is 29.6 Å². The number of halogens is 3. The molecule has 2 aliphatic heterocycles. The predicted molar refractivity (Wildman–Crippen MR) is 78.6 cm³/mol. The highest BCUT2D eigenvalue weighted by molar-refractivity contribution is 6.31. The smallest absolute Gasteiger partial charge is 0.387 e. The Hall–Kier alpha value is -1.40. The molecule has 2 atom stereocenters. The van der Waals surface area contributed by atoms with Crippen LogP contribution in [0.5, 0.6) is 5.75 Å². The maximum absolute atomic E-state index is 12.7. The highest BCUT2D eigenvalue weighted by Crippen LogP contribution is 2.28. The SMILES string of the molecule is O=C(c1cc(Cl)ccc1OC(F)F)N1CCC2CCC(C1)N2. The number of alkyl halides is 2. The standard InChI is InChI=1S/C15H17ClF2N2O2/c16-9-1-4-13(22-15(17)18)12(7-9)14(21)20-6-5-10-2-3-11(8-20)19-10/h1,4,7,10-11,15,19H,2-3,5-6,8H2. The number of fused-ring (bicyclic) bond motifs is 2. The molecule has 0 spiro atoms. The van der Waals surface area contributed by atoms with Crippen molar-refractivity contribution in [1.82, 2.24) is 10.2 Å². The zero-order valence-electron chi connectivity index (χ0n) is 11.9. The fourth-order valence-electron chi connectivity index (χ4n) is 3.17. The molecule has 2 saturated heterocycles. The Morgan fingerprint density at radius 3 is 2.86 bits per heavy atom. The number of likely N-dealkylation sites (tertiary alicyclic amines) is 1. The van der Waals surface area contributed by atoms with Crippen molar-refractivity contribution in [3.8, 4) is 5.75 Å².